The van der Waals surface area contributed by atoms with Crippen LogP contribution in [0.4, 0.5) is 10.5 Å². The SMILES string of the molecule is C[C@H]1CCc2c(ccc3c2nc(CCn2cccn2)n3[C@H]2CCCS(=O)(=O)C2)N1C(=O)O. The summed E-state index contributed by atoms with van der Waals surface area (Å²) in [6, 6.07) is 5.38. The molecule has 0 spiro atoms. The lowest BCUT2D eigenvalue weighted by molar-refractivity contribution is 0.198. The van der Waals surface area contributed by atoms with Crippen LogP contribution in [-0.4, -0.2) is 56.5 Å². The summed E-state index contributed by atoms with van der Waals surface area (Å²) in [6.45, 7) is 2.55. The summed E-state index contributed by atoms with van der Waals surface area (Å²) in [5, 5.41) is 14.0. The molecule has 32 heavy (non-hydrogen) atoms. The first-order chi connectivity index (χ1) is 15.3. The average molecular weight is 458 g/mol. The molecule has 1 N–H and O–H groups in total. The number of nitrogens with zero attached hydrogens (tertiary/aromatic N) is 5. The van der Waals surface area contributed by atoms with Crippen molar-refractivity contribution in [3.8, 4) is 0 Å². The van der Waals surface area contributed by atoms with Crippen LogP contribution in [0.15, 0.2) is 30.6 Å². The summed E-state index contributed by atoms with van der Waals surface area (Å²) in [5.74, 6) is 1.17. The molecule has 2 aromatic heterocycles. The molecule has 3 aromatic rings. The number of aromatic nitrogens is 4. The Balaban J connectivity index is 1.64. The van der Waals surface area contributed by atoms with Gasteiger partial charge in [0.1, 0.15) is 5.82 Å². The van der Waals surface area contributed by atoms with Crippen molar-refractivity contribution >= 4 is 32.7 Å². The van der Waals surface area contributed by atoms with Gasteiger partial charge in [-0.2, -0.15) is 5.10 Å². The van der Waals surface area contributed by atoms with Crippen LogP contribution in [0.1, 0.15) is 43.6 Å². The highest BCUT2D eigenvalue weighted by atomic mass is 32.2. The van der Waals surface area contributed by atoms with Crippen LogP contribution in [0.25, 0.3) is 11.0 Å². The van der Waals surface area contributed by atoms with Gasteiger partial charge in [0.05, 0.1) is 28.2 Å². The van der Waals surface area contributed by atoms with Crippen molar-refractivity contribution in [3.63, 3.8) is 0 Å². The van der Waals surface area contributed by atoms with Gasteiger partial charge in [0.25, 0.3) is 0 Å². The standard InChI is InChI=1S/C22H27N5O4S/c1-15-5-6-17-18(26(15)22(28)29)7-8-19-21(17)24-20(9-12-25-11-3-10-23-25)27(19)16-4-2-13-32(30,31)14-16/h3,7-8,10-11,15-16H,2,4-6,9,12-14H2,1H3,(H,28,29)/t15-,16-/m0/s1. The number of amides is 1. The zero-order chi connectivity index (χ0) is 22.5. The summed E-state index contributed by atoms with van der Waals surface area (Å²) in [4.78, 5) is 18.3. The number of anilines is 1. The Morgan fingerprint density at radius 2 is 2.12 bits per heavy atom. The van der Waals surface area contributed by atoms with Crippen molar-refractivity contribution in [2.75, 3.05) is 16.4 Å². The minimum absolute atomic E-state index is 0.0951. The number of hydrogen-bond acceptors (Lipinski definition) is 5. The predicted molar refractivity (Wildman–Crippen MR) is 121 cm³/mol. The van der Waals surface area contributed by atoms with Gasteiger partial charge in [-0.3, -0.25) is 9.58 Å². The second-order valence-electron chi connectivity index (χ2n) is 8.80. The molecule has 2 aliphatic heterocycles. The van der Waals surface area contributed by atoms with Crippen LogP contribution < -0.4 is 4.90 Å². The zero-order valence-electron chi connectivity index (χ0n) is 18.0. The van der Waals surface area contributed by atoms with Crippen LogP contribution in [0.2, 0.25) is 0 Å². The van der Waals surface area contributed by atoms with Gasteiger partial charge in [-0.15, -0.1) is 0 Å². The number of imidazole rings is 1. The Morgan fingerprint density at radius 3 is 2.84 bits per heavy atom. The highest BCUT2D eigenvalue weighted by molar-refractivity contribution is 7.91. The summed E-state index contributed by atoms with van der Waals surface area (Å²) in [5.41, 5.74) is 3.30. The number of carbonyl (C=O) groups is 1. The van der Waals surface area contributed by atoms with E-state index < -0.39 is 15.9 Å². The maximum Gasteiger partial charge on any atom is 0.412 e. The molecule has 2 aliphatic rings. The third kappa shape index (κ3) is 3.66. The quantitative estimate of drug-likeness (QED) is 0.645. The van der Waals surface area contributed by atoms with Gasteiger partial charge in [0, 0.05) is 43.0 Å². The monoisotopic (exact) mass is 457 g/mol. The predicted octanol–water partition coefficient (Wildman–Crippen LogP) is 3.04. The van der Waals surface area contributed by atoms with Crippen LogP contribution in [0, 0.1) is 0 Å². The minimum Gasteiger partial charge on any atom is -0.465 e. The molecule has 0 bridgehead atoms. The molecule has 170 valence electrons. The fraction of sp³-hybridized carbons (Fsp3) is 0.500. The minimum atomic E-state index is -3.10. The third-order valence-electron chi connectivity index (χ3n) is 6.66. The molecule has 1 saturated heterocycles. The number of aryl methyl sites for hydroxylation is 3. The lowest BCUT2D eigenvalue weighted by Crippen LogP contribution is -2.41. The van der Waals surface area contributed by atoms with Crippen molar-refractivity contribution in [2.24, 2.45) is 0 Å². The fourth-order valence-corrected chi connectivity index (χ4v) is 6.85. The molecule has 0 saturated carbocycles. The maximum atomic E-state index is 12.4. The van der Waals surface area contributed by atoms with Gasteiger partial charge in [-0.25, -0.2) is 18.2 Å². The Bertz CT molecular complexity index is 1270. The Kier molecular flexibility index (Phi) is 5.19. The van der Waals surface area contributed by atoms with Crippen molar-refractivity contribution in [2.45, 2.75) is 57.7 Å². The van der Waals surface area contributed by atoms with E-state index in [0.29, 0.717) is 25.1 Å². The number of fused-ring (bicyclic) bond motifs is 3. The van der Waals surface area contributed by atoms with Gasteiger partial charge in [-0.05, 0) is 50.8 Å². The van der Waals surface area contributed by atoms with E-state index in [-0.39, 0.29) is 23.6 Å². The van der Waals surface area contributed by atoms with Gasteiger partial charge in [-0.1, -0.05) is 0 Å². The van der Waals surface area contributed by atoms with E-state index in [4.69, 9.17) is 4.98 Å². The van der Waals surface area contributed by atoms with Crippen LogP contribution >= 0.6 is 0 Å². The normalized spacial score (nSPS) is 22.7. The molecular formula is C22H27N5O4S. The topological polar surface area (TPSA) is 110 Å². The second kappa shape index (κ2) is 7.91. The molecule has 1 fully saturated rings. The number of benzene rings is 1. The number of hydrogen-bond donors (Lipinski definition) is 1. The molecule has 0 radical (unpaired) electrons. The zero-order valence-corrected chi connectivity index (χ0v) is 18.8. The van der Waals surface area contributed by atoms with Crippen LogP contribution in [0.3, 0.4) is 0 Å². The third-order valence-corrected chi connectivity index (χ3v) is 8.46. The van der Waals surface area contributed by atoms with E-state index >= 15 is 0 Å². The molecule has 10 heteroatoms. The molecule has 2 atom stereocenters. The van der Waals surface area contributed by atoms with E-state index in [1.165, 1.54) is 4.90 Å². The first-order valence-corrected chi connectivity index (χ1v) is 12.9. The van der Waals surface area contributed by atoms with Gasteiger partial charge in [0.15, 0.2) is 9.84 Å². The Hall–Kier alpha value is -2.88. The van der Waals surface area contributed by atoms with Gasteiger partial charge < -0.3 is 9.67 Å². The van der Waals surface area contributed by atoms with E-state index in [1.807, 2.05) is 36.0 Å². The lowest BCUT2D eigenvalue weighted by Gasteiger charge is -2.33. The molecular weight excluding hydrogens is 430 g/mol. The molecule has 0 aliphatic carbocycles. The summed E-state index contributed by atoms with van der Waals surface area (Å²) >= 11 is 0. The lowest BCUT2D eigenvalue weighted by atomic mass is 9.95. The van der Waals surface area contributed by atoms with E-state index in [9.17, 15) is 18.3 Å². The first-order valence-electron chi connectivity index (χ1n) is 11.1. The Morgan fingerprint density at radius 1 is 1.28 bits per heavy atom. The highest BCUT2D eigenvalue weighted by Crippen LogP contribution is 2.38. The van der Waals surface area contributed by atoms with Crippen LogP contribution in [0.5, 0.6) is 0 Å². The molecule has 9 nitrogen and oxygen atoms in total. The Labute approximate surface area is 186 Å². The van der Waals surface area contributed by atoms with Crippen molar-refractivity contribution in [1.82, 2.24) is 19.3 Å². The smallest absolute Gasteiger partial charge is 0.412 e. The van der Waals surface area contributed by atoms with E-state index in [0.717, 1.165) is 41.7 Å². The van der Waals surface area contributed by atoms with E-state index in [1.54, 1.807) is 6.20 Å². The van der Waals surface area contributed by atoms with Gasteiger partial charge in [0.2, 0.25) is 0 Å². The first kappa shape index (κ1) is 21.0. The maximum absolute atomic E-state index is 12.4. The molecule has 1 amide bonds. The summed E-state index contributed by atoms with van der Waals surface area (Å²) in [7, 11) is -3.10. The van der Waals surface area contributed by atoms with Crippen LogP contribution in [-0.2, 0) is 29.2 Å². The van der Waals surface area contributed by atoms with E-state index in [2.05, 4.69) is 9.67 Å². The highest BCUT2D eigenvalue weighted by Gasteiger charge is 2.33. The second-order valence-corrected chi connectivity index (χ2v) is 11.0. The van der Waals surface area contributed by atoms with Gasteiger partial charge >= 0.3 is 6.09 Å². The van der Waals surface area contributed by atoms with Crippen molar-refractivity contribution in [3.05, 3.63) is 42.0 Å². The number of rotatable bonds is 4. The van der Waals surface area contributed by atoms with Crippen molar-refractivity contribution in [1.29, 1.82) is 0 Å². The summed E-state index contributed by atoms with van der Waals surface area (Å²) in [6.07, 6.45) is 6.17. The number of carboxylic acid groups (broad SMARTS) is 1. The molecule has 4 heterocycles. The number of sulfone groups is 1. The molecule has 5 rings (SSSR count). The molecule has 1 aromatic carbocycles. The summed E-state index contributed by atoms with van der Waals surface area (Å²) < 4.78 is 28.8. The largest absolute Gasteiger partial charge is 0.465 e. The average Bonchev–Trinajstić information content (AvgIpc) is 3.38. The van der Waals surface area contributed by atoms with Crippen molar-refractivity contribution < 1.29 is 18.3 Å². The fourth-order valence-electron chi connectivity index (χ4n) is 5.17. The molecule has 0 unspecified atom stereocenters.